The molecule has 0 bridgehead atoms. The van der Waals surface area contributed by atoms with E-state index in [1.165, 1.54) is 12.1 Å². The molecule has 0 spiro atoms. The summed E-state index contributed by atoms with van der Waals surface area (Å²) >= 11 is 5.81. The van der Waals surface area contributed by atoms with Gasteiger partial charge in [-0.1, -0.05) is 31.5 Å². The van der Waals surface area contributed by atoms with Crippen LogP contribution in [-0.4, -0.2) is 23.1 Å². The zero-order valence-corrected chi connectivity index (χ0v) is 11.8. The fraction of sp³-hybridized carbons (Fsp3) is 0.385. The summed E-state index contributed by atoms with van der Waals surface area (Å²) in [5, 5.41) is 14.4. The van der Waals surface area contributed by atoms with Gasteiger partial charge in [-0.2, -0.15) is 0 Å². The van der Waals surface area contributed by atoms with Crippen molar-refractivity contribution in [1.29, 1.82) is 0 Å². The van der Waals surface area contributed by atoms with Crippen LogP contribution in [0.15, 0.2) is 18.2 Å². The average Bonchev–Trinajstić information content (AvgIpc) is 2.27. The van der Waals surface area contributed by atoms with E-state index in [1.807, 2.05) is 20.8 Å². The molecule has 0 aliphatic heterocycles. The third-order valence-electron chi connectivity index (χ3n) is 2.83. The quantitative estimate of drug-likeness (QED) is 0.794. The van der Waals surface area contributed by atoms with Crippen LogP contribution in [0.1, 0.15) is 31.1 Å². The number of hydrogen-bond acceptors (Lipinski definition) is 2. The Morgan fingerprint density at radius 3 is 2.42 bits per heavy atom. The highest BCUT2D eigenvalue weighted by Gasteiger charge is 2.17. The van der Waals surface area contributed by atoms with Gasteiger partial charge in [-0.15, -0.1) is 0 Å². The highest BCUT2D eigenvalue weighted by Crippen LogP contribution is 2.24. The molecule has 0 aliphatic carbocycles. The average molecular weight is 285 g/mol. The van der Waals surface area contributed by atoms with E-state index < -0.39 is 12.0 Å². The highest BCUT2D eigenvalue weighted by atomic mass is 35.5. The number of benzene rings is 1. The molecule has 0 fully saturated rings. The first-order valence-electron chi connectivity index (χ1n) is 5.92. The molecule has 104 valence electrons. The van der Waals surface area contributed by atoms with Crippen LogP contribution >= 0.6 is 11.6 Å². The molecule has 1 unspecified atom stereocenters. The van der Waals surface area contributed by atoms with Crippen LogP contribution in [0.3, 0.4) is 0 Å². The summed E-state index contributed by atoms with van der Waals surface area (Å²) in [6, 6.07) is 4.06. The molecule has 0 saturated heterocycles. The lowest BCUT2D eigenvalue weighted by Gasteiger charge is -2.18. The minimum atomic E-state index is -1.18. The van der Waals surface area contributed by atoms with Gasteiger partial charge in [0.15, 0.2) is 0 Å². The second-order valence-electron chi connectivity index (χ2n) is 4.60. The summed E-state index contributed by atoms with van der Waals surface area (Å²) < 4.78 is 0. The smallest absolute Gasteiger partial charge is 0.339 e. The number of amides is 2. The molecule has 5 nitrogen and oxygen atoms in total. The van der Waals surface area contributed by atoms with Crippen LogP contribution in [0.4, 0.5) is 10.5 Å². The molecule has 1 rings (SSSR count). The van der Waals surface area contributed by atoms with Crippen molar-refractivity contribution in [3.05, 3.63) is 28.8 Å². The Bertz CT molecular complexity index is 489. The summed E-state index contributed by atoms with van der Waals surface area (Å²) in [5.74, 6) is -0.901. The van der Waals surface area contributed by atoms with Crippen molar-refractivity contribution >= 4 is 29.3 Å². The molecule has 0 aliphatic rings. The maximum atomic E-state index is 11.8. The van der Waals surface area contributed by atoms with Crippen LogP contribution in [0.2, 0.25) is 5.02 Å². The van der Waals surface area contributed by atoms with Crippen molar-refractivity contribution in [2.45, 2.75) is 26.8 Å². The Morgan fingerprint density at radius 2 is 1.89 bits per heavy atom. The van der Waals surface area contributed by atoms with Crippen LogP contribution in [0, 0.1) is 5.92 Å². The lowest BCUT2D eigenvalue weighted by molar-refractivity contribution is 0.0698. The predicted molar refractivity (Wildman–Crippen MR) is 74.9 cm³/mol. The maximum Gasteiger partial charge on any atom is 0.339 e. The van der Waals surface area contributed by atoms with E-state index in [2.05, 4.69) is 10.6 Å². The van der Waals surface area contributed by atoms with E-state index in [-0.39, 0.29) is 28.2 Å². The molecular formula is C13H17ClN2O3. The summed E-state index contributed by atoms with van der Waals surface area (Å²) in [4.78, 5) is 22.9. The van der Waals surface area contributed by atoms with Gasteiger partial charge in [0.1, 0.15) is 5.56 Å². The molecule has 1 aromatic rings. The number of carbonyl (C=O) groups is 2. The highest BCUT2D eigenvalue weighted by molar-refractivity contribution is 6.34. The van der Waals surface area contributed by atoms with Crippen molar-refractivity contribution in [3.8, 4) is 0 Å². The first-order valence-corrected chi connectivity index (χ1v) is 6.30. The zero-order chi connectivity index (χ0) is 14.6. The fourth-order valence-corrected chi connectivity index (χ4v) is 1.63. The monoisotopic (exact) mass is 284 g/mol. The molecule has 0 radical (unpaired) electrons. The fourth-order valence-electron chi connectivity index (χ4n) is 1.38. The number of nitrogens with one attached hydrogen (secondary N) is 2. The Balaban J connectivity index is 2.86. The Labute approximate surface area is 117 Å². The zero-order valence-electron chi connectivity index (χ0n) is 11.0. The van der Waals surface area contributed by atoms with Crippen LogP contribution < -0.4 is 10.6 Å². The minimum absolute atomic E-state index is 0.0209. The van der Waals surface area contributed by atoms with Gasteiger partial charge in [0, 0.05) is 6.04 Å². The van der Waals surface area contributed by atoms with Gasteiger partial charge in [-0.3, -0.25) is 0 Å². The molecule has 0 aromatic heterocycles. The summed E-state index contributed by atoms with van der Waals surface area (Å²) in [6.07, 6.45) is 0. The van der Waals surface area contributed by atoms with Gasteiger partial charge in [0.25, 0.3) is 0 Å². The van der Waals surface area contributed by atoms with Crippen LogP contribution in [0.5, 0.6) is 0 Å². The topological polar surface area (TPSA) is 78.4 Å². The first kappa shape index (κ1) is 15.3. The number of rotatable bonds is 4. The van der Waals surface area contributed by atoms with Gasteiger partial charge in [0.05, 0.1) is 10.7 Å². The number of aromatic carboxylic acids is 1. The van der Waals surface area contributed by atoms with Crippen molar-refractivity contribution in [2.24, 2.45) is 5.92 Å². The third-order valence-corrected chi connectivity index (χ3v) is 3.15. The minimum Gasteiger partial charge on any atom is -0.478 e. The van der Waals surface area contributed by atoms with Gasteiger partial charge >= 0.3 is 12.0 Å². The molecule has 2 amide bonds. The number of halogens is 1. The van der Waals surface area contributed by atoms with E-state index in [9.17, 15) is 9.59 Å². The van der Waals surface area contributed by atoms with Gasteiger partial charge in [0.2, 0.25) is 0 Å². The van der Waals surface area contributed by atoms with Crippen molar-refractivity contribution in [2.75, 3.05) is 5.32 Å². The number of carboxylic acid groups (broad SMARTS) is 1. The lowest BCUT2D eigenvalue weighted by atomic mass is 10.1. The van der Waals surface area contributed by atoms with Gasteiger partial charge in [-0.25, -0.2) is 9.59 Å². The maximum absolute atomic E-state index is 11.8. The van der Waals surface area contributed by atoms with E-state index in [1.54, 1.807) is 6.07 Å². The molecule has 6 heteroatoms. The third kappa shape index (κ3) is 4.13. The molecule has 19 heavy (non-hydrogen) atoms. The van der Waals surface area contributed by atoms with E-state index in [0.717, 1.165) is 0 Å². The molecule has 1 atom stereocenters. The van der Waals surface area contributed by atoms with E-state index in [0.29, 0.717) is 0 Å². The van der Waals surface area contributed by atoms with Crippen LogP contribution in [-0.2, 0) is 0 Å². The molecule has 1 aromatic carbocycles. The lowest BCUT2D eigenvalue weighted by Crippen LogP contribution is -2.39. The SMILES string of the molecule is CC(C)C(C)NC(=O)Nc1cccc(Cl)c1C(=O)O. The number of hydrogen-bond donors (Lipinski definition) is 3. The Morgan fingerprint density at radius 1 is 1.26 bits per heavy atom. The predicted octanol–water partition coefficient (Wildman–Crippen LogP) is 3.20. The summed E-state index contributed by atoms with van der Waals surface area (Å²) in [7, 11) is 0. The first-order chi connectivity index (χ1) is 8.82. The molecule has 3 N–H and O–H groups in total. The standard InChI is InChI=1S/C13H17ClN2O3/c1-7(2)8(3)15-13(19)16-10-6-4-5-9(14)11(10)12(17)18/h4-8H,1-3H3,(H,17,18)(H2,15,16,19). The van der Waals surface area contributed by atoms with E-state index >= 15 is 0 Å². The number of anilines is 1. The molecule has 0 saturated carbocycles. The largest absolute Gasteiger partial charge is 0.478 e. The van der Waals surface area contributed by atoms with Crippen molar-refractivity contribution in [1.82, 2.24) is 5.32 Å². The second-order valence-corrected chi connectivity index (χ2v) is 5.01. The van der Waals surface area contributed by atoms with Gasteiger partial charge < -0.3 is 15.7 Å². The van der Waals surface area contributed by atoms with Crippen LogP contribution in [0.25, 0.3) is 0 Å². The number of carboxylic acids is 1. The molecule has 0 heterocycles. The van der Waals surface area contributed by atoms with Gasteiger partial charge in [-0.05, 0) is 25.0 Å². The Hall–Kier alpha value is -1.75. The van der Waals surface area contributed by atoms with E-state index in [4.69, 9.17) is 16.7 Å². The molecular weight excluding hydrogens is 268 g/mol. The second kappa shape index (κ2) is 6.43. The summed E-state index contributed by atoms with van der Waals surface area (Å²) in [6.45, 7) is 5.83. The Kier molecular flexibility index (Phi) is 5.18. The number of urea groups is 1. The van der Waals surface area contributed by atoms with Crippen molar-refractivity contribution < 1.29 is 14.7 Å². The van der Waals surface area contributed by atoms with Crippen molar-refractivity contribution in [3.63, 3.8) is 0 Å². The number of carbonyl (C=O) groups excluding carboxylic acids is 1. The normalized spacial score (nSPS) is 12.1. The summed E-state index contributed by atoms with van der Waals surface area (Å²) in [5.41, 5.74) is 0.0602.